The maximum Gasteiger partial charge on any atom is 0.322 e. The molecule has 10 heteroatoms. The van der Waals surface area contributed by atoms with Gasteiger partial charge >= 0.3 is 6.01 Å². The molecule has 0 amide bonds. The van der Waals surface area contributed by atoms with Gasteiger partial charge < -0.3 is 15.8 Å². The Balaban J connectivity index is 1.58. The lowest BCUT2D eigenvalue weighted by atomic mass is 9.87. The summed E-state index contributed by atoms with van der Waals surface area (Å²) >= 11 is 0. The van der Waals surface area contributed by atoms with Crippen LogP contribution in [0, 0.1) is 11.6 Å². The SMILES string of the molecule is CN[C@H]1C[C@@H](n2nc(-c3cc(F)c(Oc4ncccn4)c(F)c3)c3c(N)nccc32)C1. The normalized spacial score (nSPS) is 18.2. The summed E-state index contributed by atoms with van der Waals surface area (Å²) in [6.07, 6.45) is 6.25. The van der Waals surface area contributed by atoms with E-state index < -0.39 is 17.4 Å². The van der Waals surface area contributed by atoms with Gasteiger partial charge in [0.15, 0.2) is 11.6 Å². The van der Waals surface area contributed by atoms with Crippen molar-refractivity contribution in [3.63, 3.8) is 0 Å². The highest BCUT2D eigenvalue weighted by atomic mass is 19.1. The van der Waals surface area contributed by atoms with Crippen LogP contribution in [0.15, 0.2) is 42.9 Å². The fourth-order valence-electron chi connectivity index (χ4n) is 3.84. The van der Waals surface area contributed by atoms with E-state index in [0.717, 1.165) is 30.5 Å². The molecule has 5 rings (SSSR count). The quantitative estimate of drug-likeness (QED) is 0.507. The average molecular weight is 423 g/mol. The summed E-state index contributed by atoms with van der Waals surface area (Å²) in [5, 5.41) is 8.48. The number of fused-ring (bicyclic) bond motifs is 1. The molecular weight excluding hydrogens is 404 g/mol. The highest BCUT2D eigenvalue weighted by Crippen LogP contribution is 2.40. The monoisotopic (exact) mass is 423 g/mol. The Morgan fingerprint density at radius 3 is 2.48 bits per heavy atom. The van der Waals surface area contributed by atoms with Gasteiger partial charge in [0.2, 0.25) is 5.75 Å². The number of halogens is 2. The molecule has 1 fully saturated rings. The van der Waals surface area contributed by atoms with Crippen molar-refractivity contribution < 1.29 is 13.5 Å². The first-order valence-electron chi connectivity index (χ1n) is 9.79. The Labute approximate surface area is 176 Å². The number of nitrogens with one attached hydrogen (secondary N) is 1. The molecule has 1 saturated carbocycles. The number of benzene rings is 1. The molecule has 0 spiro atoms. The van der Waals surface area contributed by atoms with E-state index in [1.807, 2.05) is 17.8 Å². The number of nitrogens with zero attached hydrogens (tertiary/aromatic N) is 5. The van der Waals surface area contributed by atoms with Gasteiger partial charge in [-0.05, 0) is 44.2 Å². The van der Waals surface area contributed by atoms with Crippen LogP contribution in [0.2, 0.25) is 0 Å². The first-order chi connectivity index (χ1) is 15.0. The van der Waals surface area contributed by atoms with Crippen molar-refractivity contribution in [3.05, 3.63) is 54.5 Å². The molecule has 1 aromatic carbocycles. The number of anilines is 1. The van der Waals surface area contributed by atoms with E-state index in [-0.39, 0.29) is 23.4 Å². The number of aromatic nitrogens is 5. The Morgan fingerprint density at radius 2 is 1.81 bits per heavy atom. The summed E-state index contributed by atoms with van der Waals surface area (Å²) in [7, 11) is 1.92. The molecule has 31 heavy (non-hydrogen) atoms. The lowest BCUT2D eigenvalue weighted by Crippen LogP contribution is -2.40. The van der Waals surface area contributed by atoms with Gasteiger partial charge in [0.05, 0.1) is 16.9 Å². The lowest BCUT2D eigenvalue weighted by molar-refractivity contribution is 0.225. The van der Waals surface area contributed by atoms with E-state index in [1.54, 1.807) is 12.3 Å². The molecule has 3 heterocycles. The van der Waals surface area contributed by atoms with Crippen LogP contribution in [-0.4, -0.2) is 37.8 Å². The van der Waals surface area contributed by atoms with Gasteiger partial charge in [-0.25, -0.2) is 23.7 Å². The molecule has 0 saturated heterocycles. The zero-order valence-corrected chi connectivity index (χ0v) is 16.6. The van der Waals surface area contributed by atoms with Crippen molar-refractivity contribution in [1.82, 2.24) is 30.0 Å². The second kappa shape index (κ2) is 7.55. The molecule has 0 atom stereocenters. The molecule has 1 aliphatic rings. The van der Waals surface area contributed by atoms with Crippen LogP contribution in [0.5, 0.6) is 11.8 Å². The van der Waals surface area contributed by atoms with E-state index in [4.69, 9.17) is 10.5 Å². The van der Waals surface area contributed by atoms with Crippen LogP contribution in [0.3, 0.4) is 0 Å². The Hall–Kier alpha value is -3.66. The molecule has 0 radical (unpaired) electrons. The number of hydrogen-bond acceptors (Lipinski definition) is 7. The molecule has 4 aromatic rings. The molecule has 3 N–H and O–H groups in total. The molecule has 3 aromatic heterocycles. The molecule has 8 nitrogen and oxygen atoms in total. The van der Waals surface area contributed by atoms with Gasteiger partial charge in [-0.15, -0.1) is 0 Å². The first kappa shape index (κ1) is 19.3. The van der Waals surface area contributed by atoms with Gasteiger partial charge in [-0.2, -0.15) is 5.10 Å². The maximum absolute atomic E-state index is 14.8. The Kier molecular flexibility index (Phi) is 4.70. The van der Waals surface area contributed by atoms with Crippen LogP contribution in [0.1, 0.15) is 18.9 Å². The minimum atomic E-state index is -0.897. The first-order valence-corrected chi connectivity index (χ1v) is 9.79. The van der Waals surface area contributed by atoms with Crippen molar-refractivity contribution in [2.75, 3.05) is 12.8 Å². The minimum absolute atomic E-state index is 0.153. The van der Waals surface area contributed by atoms with Crippen LogP contribution in [0.4, 0.5) is 14.6 Å². The molecule has 1 aliphatic carbocycles. The van der Waals surface area contributed by atoms with Crippen molar-refractivity contribution >= 4 is 16.7 Å². The molecular formula is C21H19F2N7O. The zero-order valence-electron chi connectivity index (χ0n) is 16.6. The molecule has 0 aliphatic heterocycles. The third-order valence-corrected chi connectivity index (χ3v) is 5.52. The fraction of sp³-hybridized carbons (Fsp3) is 0.238. The van der Waals surface area contributed by atoms with Crippen LogP contribution in [-0.2, 0) is 0 Å². The number of nitrogen functional groups attached to an aromatic ring is 1. The van der Waals surface area contributed by atoms with Gasteiger partial charge in [0, 0.05) is 30.2 Å². The summed E-state index contributed by atoms with van der Waals surface area (Å²) < 4.78 is 36.7. The van der Waals surface area contributed by atoms with E-state index in [1.165, 1.54) is 12.4 Å². The van der Waals surface area contributed by atoms with Crippen LogP contribution >= 0.6 is 0 Å². The second-order valence-electron chi connectivity index (χ2n) is 7.40. The Bertz CT molecular complexity index is 1230. The van der Waals surface area contributed by atoms with E-state index >= 15 is 0 Å². The van der Waals surface area contributed by atoms with E-state index in [0.29, 0.717) is 17.1 Å². The number of hydrogen-bond donors (Lipinski definition) is 2. The average Bonchev–Trinajstić information content (AvgIpc) is 3.11. The second-order valence-corrected chi connectivity index (χ2v) is 7.40. The van der Waals surface area contributed by atoms with Crippen molar-refractivity contribution in [3.8, 4) is 23.0 Å². The third-order valence-electron chi connectivity index (χ3n) is 5.52. The molecule has 0 bridgehead atoms. The number of pyridine rings is 1. The van der Waals surface area contributed by atoms with Gasteiger partial charge in [-0.1, -0.05) is 0 Å². The standard InChI is InChI=1S/C21H19F2N7O/c1-25-12-9-13(10-12)30-16-3-6-26-20(24)17(16)18(29-30)11-7-14(22)19(15(23)8-11)31-21-27-4-2-5-28-21/h2-8,12-13,25H,9-10H2,1H3,(H2,24,26)/t12-,13+. The van der Waals surface area contributed by atoms with E-state index in [9.17, 15) is 8.78 Å². The highest BCUT2D eigenvalue weighted by Gasteiger charge is 2.32. The van der Waals surface area contributed by atoms with Gasteiger partial charge in [-0.3, -0.25) is 4.68 Å². The van der Waals surface area contributed by atoms with Crippen LogP contribution in [0.25, 0.3) is 22.2 Å². The van der Waals surface area contributed by atoms with Crippen molar-refractivity contribution in [2.45, 2.75) is 24.9 Å². The van der Waals surface area contributed by atoms with Gasteiger partial charge in [0.25, 0.3) is 0 Å². The summed E-state index contributed by atoms with van der Waals surface area (Å²) in [5.41, 5.74) is 7.51. The molecule has 158 valence electrons. The van der Waals surface area contributed by atoms with Crippen molar-refractivity contribution in [1.29, 1.82) is 0 Å². The highest BCUT2D eigenvalue weighted by molar-refractivity contribution is 6.00. The Morgan fingerprint density at radius 1 is 1.10 bits per heavy atom. The predicted molar refractivity (Wildman–Crippen MR) is 111 cm³/mol. The fourth-order valence-corrected chi connectivity index (χ4v) is 3.84. The topological polar surface area (TPSA) is 104 Å². The number of rotatable bonds is 5. The largest absolute Gasteiger partial charge is 0.418 e. The smallest absolute Gasteiger partial charge is 0.322 e. The number of ether oxygens (including phenoxy) is 1. The predicted octanol–water partition coefficient (Wildman–Crippen LogP) is 3.46. The summed E-state index contributed by atoms with van der Waals surface area (Å²) in [5.74, 6) is -2.12. The van der Waals surface area contributed by atoms with Crippen molar-refractivity contribution in [2.24, 2.45) is 0 Å². The maximum atomic E-state index is 14.8. The van der Waals surface area contributed by atoms with Gasteiger partial charge in [0.1, 0.15) is 11.5 Å². The third kappa shape index (κ3) is 3.34. The van der Waals surface area contributed by atoms with E-state index in [2.05, 4.69) is 25.4 Å². The summed E-state index contributed by atoms with van der Waals surface area (Å²) in [6, 6.07) is 6.14. The summed E-state index contributed by atoms with van der Waals surface area (Å²) in [4.78, 5) is 11.8. The van der Waals surface area contributed by atoms with Crippen LogP contribution < -0.4 is 15.8 Å². The number of nitrogens with two attached hydrogens (primary N) is 1. The summed E-state index contributed by atoms with van der Waals surface area (Å²) in [6.45, 7) is 0. The zero-order chi connectivity index (χ0) is 21.5. The lowest BCUT2D eigenvalue weighted by Gasteiger charge is -2.35. The molecule has 0 unspecified atom stereocenters. The minimum Gasteiger partial charge on any atom is -0.418 e.